The highest BCUT2D eigenvalue weighted by Crippen LogP contribution is 2.24. The molecule has 1 aliphatic heterocycles. The van der Waals surface area contributed by atoms with Crippen molar-refractivity contribution in [1.82, 2.24) is 5.32 Å². The van der Waals surface area contributed by atoms with Gasteiger partial charge in [0.1, 0.15) is 6.10 Å². The van der Waals surface area contributed by atoms with Gasteiger partial charge in [-0.2, -0.15) is 0 Å². The zero-order valence-electron chi connectivity index (χ0n) is 8.28. The highest BCUT2D eigenvalue weighted by molar-refractivity contribution is 5.70. The van der Waals surface area contributed by atoms with Gasteiger partial charge >= 0.3 is 6.09 Å². The SMILES string of the molecule is Cc1cccc([C@@H]2NC(=O)O[C@@H]2C)c1. The van der Waals surface area contributed by atoms with Crippen molar-refractivity contribution in [3.8, 4) is 0 Å². The molecule has 3 heteroatoms. The third kappa shape index (κ3) is 1.58. The Bertz CT molecular complexity index is 362. The Labute approximate surface area is 83.1 Å². The van der Waals surface area contributed by atoms with Crippen molar-refractivity contribution < 1.29 is 9.53 Å². The van der Waals surface area contributed by atoms with E-state index >= 15 is 0 Å². The minimum absolute atomic E-state index is 0.0117. The maximum absolute atomic E-state index is 11.0. The Balaban J connectivity index is 2.27. The summed E-state index contributed by atoms with van der Waals surface area (Å²) >= 11 is 0. The average Bonchev–Trinajstić information content (AvgIpc) is 2.45. The van der Waals surface area contributed by atoms with E-state index in [0.717, 1.165) is 5.56 Å². The molecule has 14 heavy (non-hydrogen) atoms. The summed E-state index contributed by atoms with van der Waals surface area (Å²) in [6, 6.07) is 8.08. The highest BCUT2D eigenvalue weighted by atomic mass is 16.6. The predicted octanol–water partition coefficient (Wildman–Crippen LogP) is 2.16. The van der Waals surface area contributed by atoms with Gasteiger partial charge in [0.15, 0.2) is 0 Å². The van der Waals surface area contributed by atoms with Crippen molar-refractivity contribution >= 4 is 6.09 Å². The van der Waals surface area contributed by atoms with E-state index in [1.165, 1.54) is 5.56 Å². The van der Waals surface area contributed by atoms with E-state index in [-0.39, 0.29) is 18.2 Å². The lowest BCUT2D eigenvalue weighted by Gasteiger charge is -2.13. The van der Waals surface area contributed by atoms with Gasteiger partial charge in [-0.25, -0.2) is 4.79 Å². The highest BCUT2D eigenvalue weighted by Gasteiger charge is 2.31. The van der Waals surface area contributed by atoms with Crippen molar-refractivity contribution in [2.75, 3.05) is 0 Å². The van der Waals surface area contributed by atoms with E-state index in [0.29, 0.717) is 0 Å². The molecule has 1 N–H and O–H groups in total. The molecule has 1 amide bonds. The van der Waals surface area contributed by atoms with Crippen LogP contribution in [0.4, 0.5) is 4.79 Å². The van der Waals surface area contributed by atoms with Crippen LogP contribution in [0.5, 0.6) is 0 Å². The summed E-state index contributed by atoms with van der Waals surface area (Å²) in [6.45, 7) is 3.93. The van der Waals surface area contributed by atoms with Crippen LogP contribution in [0.1, 0.15) is 24.1 Å². The Kier molecular flexibility index (Phi) is 2.15. The number of rotatable bonds is 1. The molecule has 2 atom stereocenters. The third-order valence-corrected chi connectivity index (χ3v) is 2.44. The molecule has 3 nitrogen and oxygen atoms in total. The van der Waals surface area contributed by atoms with Crippen LogP contribution >= 0.6 is 0 Å². The van der Waals surface area contributed by atoms with Crippen LogP contribution in [0.25, 0.3) is 0 Å². The molecule has 1 aliphatic rings. The molecule has 1 aromatic rings. The number of carbonyl (C=O) groups is 1. The second-order valence-electron chi connectivity index (χ2n) is 3.65. The van der Waals surface area contributed by atoms with Crippen LogP contribution in [-0.2, 0) is 4.74 Å². The Morgan fingerprint density at radius 3 is 2.79 bits per heavy atom. The molecule has 0 unspecified atom stereocenters. The molecular formula is C11H13NO2. The molecule has 1 saturated heterocycles. The van der Waals surface area contributed by atoms with Gasteiger partial charge in [0.2, 0.25) is 0 Å². The van der Waals surface area contributed by atoms with Crippen LogP contribution in [0.3, 0.4) is 0 Å². The number of hydrogen-bond donors (Lipinski definition) is 1. The summed E-state index contributed by atoms with van der Waals surface area (Å²) in [5.74, 6) is 0. The van der Waals surface area contributed by atoms with Crippen molar-refractivity contribution in [3.63, 3.8) is 0 Å². The lowest BCUT2D eigenvalue weighted by molar-refractivity contribution is 0.141. The van der Waals surface area contributed by atoms with E-state index in [9.17, 15) is 4.79 Å². The van der Waals surface area contributed by atoms with E-state index in [4.69, 9.17) is 4.74 Å². The van der Waals surface area contributed by atoms with Gasteiger partial charge in [0.05, 0.1) is 6.04 Å². The molecular weight excluding hydrogens is 178 g/mol. The second kappa shape index (κ2) is 3.33. The van der Waals surface area contributed by atoms with Gasteiger partial charge in [-0.3, -0.25) is 0 Å². The maximum Gasteiger partial charge on any atom is 0.408 e. The zero-order chi connectivity index (χ0) is 10.1. The number of amides is 1. The quantitative estimate of drug-likeness (QED) is 0.738. The normalized spacial score (nSPS) is 25.7. The third-order valence-electron chi connectivity index (χ3n) is 2.44. The summed E-state index contributed by atoms with van der Waals surface area (Å²) in [7, 11) is 0. The van der Waals surface area contributed by atoms with Crippen LogP contribution < -0.4 is 5.32 Å². The van der Waals surface area contributed by atoms with Crippen LogP contribution in [0.2, 0.25) is 0 Å². The molecule has 74 valence electrons. The number of ether oxygens (including phenoxy) is 1. The van der Waals surface area contributed by atoms with Crippen LogP contribution in [-0.4, -0.2) is 12.2 Å². The first-order chi connectivity index (χ1) is 6.66. The number of cyclic esters (lactones) is 1. The van der Waals surface area contributed by atoms with Gasteiger partial charge in [0, 0.05) is 0 Å². The minimum Gasteiger partial charge on any atom is -0.444 e. The molecule has 2 rings (SSSR count). The molecule has 1 fully saturated rings. The number of nitrogens with one attached hydrogen (secondary N) is 1. The van der Waals surface area contributed by atoms with Gasteiger partial charge < -0.3 is 10.1 Å². The van der Waals surface area contributed by atoms with Crippen molar-refractivity contribution in [2.24, 2.45) is 0 Å². The molecule has 1 heterocycles. The maximum atomic E-state index is 11.0. The Morgan fingerprint density at radius 1 is 1.43 bits per heavy atom. The first-order valence-electron chi connectivity index (χ1n) is 4.70. The van der Waals surface area contributed by atoms with E-state index in [1.54, 1.807) is 0 Å². The van der Waals surface area contributed by atoms with Gasteiger partial charge in [0.25, 0.3) is 0 Å². The minimum atomic E-state index is -0.330. The van der Waals surface area contributed by atoms with Crippen molar-refractivity contribution in [1.29, 1.82) is 0 Å². The van der Waals surface area contributed by atoms with E-state index in [1.807, 2.05) is 32.0 Å². The monoisotopic (exact) mass is 191 g/mol. The molecule has 0 aromatic heterocycles. The van der Waals surface area contributed by atoms with Crippen LogP contribution in [0.15, 0.2) is 24.3 Å². The summed E-state index contributed by atoms with van der Waals surface area (Å²) in [5, 5.41) is 2.79. The molecule has 1 aromatic carbocycles. The smallest absolute Gasteiger partial charge is 0.408 e. The molecule has 0 bridgehead atoms. The topological polar surface area (TPSA) is 38.3 Å². The van der Waals surface area contributed by atoms with Crippen molar-refractivity contribution in [3.05, 3.63) is 35.4 Å². The van der Waals surface area contributed by atoms with E-state index in [2.05, 4.69) is 11.4 Å². The lowest BCUT2D eigenvalue weighted by Crippen LogP contribution is -2.20. The Morgan fingerprint density at radius 2 is 2.21 bits per heavy atom. The fourth-order valence-corrected chi connectivity index (χ4v) is 1.73. The number of carbonyl (C=O) groups excluding carboxylic acids is 1. The predicted molar refractivity (Wildman–Crippen MR) is 53.0 cm³/mol. The van der Waals surface area contributed by atoms with Gasteiger partial charge in [-0.15, -0.1) is 0 Å². The second-order valence-corrected chi connectivity index (χ2v) is 3.65. The summed E-state index contributed by atoms with van der Waals surface area (Å²) in [4.78, 5) is 11.0. The molecule has 0 saturated carbocycles. The standard InChI is InChI=1S/C11H13NO2/c1-7-4-3-5-9(6-7)10-8(2)14-11(13)12-10/h3-6,8,10H,1-2H3,(H,12,13)/t8-,10-/m1/s1. The number of aryl methyl sites for hydroxylation is 1. The molecule has 0 radical (unpaired) electrons. The van der Waals surface area contributed by atoms with E-state index < -0.39 is 0 Å². The van der Waals surface area contributed by atoms with Crippen LogP contribution in [0, 0.1) is 6.92 Å². The average molecular weight is 191 g/mol. The first kappa shape index (κ1) is 9.06. The summed E-state index contributed by atoms with van der Waals surface area (Å²) in [6.07, 6.45) is -0.423. The van der Waals surface area contributed by atoms with Gasteiger partial charge in [-0.1, -0.05) is 29.8 Å². The number of benzene rings is 1. The van der Waals surface area contributed by atoms with Crippen molar-refractivity contribution in [2.45, 2.75) is 26.0 Å². The zero-order valence-corrected chi connectivity index (χ0v) is 8.28. The fraction of sp³-hybridized carbons (Fsp3) is 0.364. The lowest BCUT2D eigenvalue weighted by atomic mass is 10.0. The summed E-state index contributed by atoms with van der Waals surface area (Å²) < 4.78 is 5.02. The number of hydrogen-bond acceptors (Lipinski definition) is 2. The first-order valence-corrected chi connectivity index (χ1v) is 4.70. The fourth-order valence-electron chi connectivity index (χ4n) is 1.73. The Hall–Kier alpha value is -1.51. The largest absolute Gasteiger partial charge is 0.444 e. The number of alkyl carbamates (subject to hydrolysis) is 1. The summed E-state index contributed by atoms with van der Waals surface area (Å²) in [5.41, 5.74) is 2.29. The molecule has 0 spiro atoms. The van der Waals surface area contributed by atoms with Gasteiger partial charge in [-0.05, 0) is 19.4 Å². The molecule has 0 aliphatic carbocycles.